The fraction of sp³-hybridized carbons (Fsp3) is 0.452. The van der Waals surface area contributed by atoms with Gasteiger partial charge in [-0.25, -0.2) is 13.8 Å². The Hall–Kier alpha value is -4.39. The van der Waals surface area contributed by atoms with Crippen molar-refractivity contribution >= 4 is 23.5 Å². The number of carbonyl (C=O) groups is 1. The highest BCUT2D eigenvalue weighted by molar-refractivity contribution is 5.92. The van der Waals surface area contributed by atoms with Crippen LogP contribution in [0.5, 0.6) is 0 Å². The number of likely N-dealkylation sites (tertiary alicyclic amines) is 1. The van der Waals surface area contributed by atoms with E-state index in [2.05, 4.69) is 91.5 Å². The smallest absolute Gasteiger partial charge is 0.265 e. The Morgan fingerprint density at radius 2 is 1.82 bits per heavy atom. The van der Waals surface area contributed by atoms with E-state index in [0.717, 1.165) is 49.1 Å². The van der Waals surface area contributed by atoms with Crippen molar-refractivity contribution in [1.29, 1.82) is 0 Å². The van der Waals surface area contributed by atoms with Crippen LogP contribution in [0.15, 0.2) is 48.8 Å². The van der Waals surface area contributed by atoms with Gasteiger partial charge in [-0.05, 0) is 61.7 Å². The minimum atomic E-state index is -0.635. The number of nitrogens with one attached hydrogen (secondary N) is 2. The second-order valence-corrected chi connectivity index (χ2v) is 12.6. The average molecular weight is 605 g/mol. The Labute approximate surface area is 255 Å². The number of carbonyl (C=O) groups excluding carboxylic acids is 1. The molecule has 2 aliphatic rings. The zero-order valence-electron chi connectivity index (χ0n) is 25.5. The number of aromatic nitrogens is 6. The molecular formula is C31H38F2N10O. The number of benzene rings is 2. The highest BCUT2D eigenvalue weighted by Gasteiger charge is 2.43. The van der Waals surface area contributed by atoms with Crippen molar-refractivity contribution in [3.05, 3.63) is 77.1 Å². The van der Waals surface area contributed by atoms with E-state index < -0.39 is 23.5 Å². The quantitative estimate of drug-likeness (QED) is 0.328. The first-order valence-corrected chi connectivity index (χ1v) is 14.9. The van der Waals surface area contributed by atoms with Crippen LogP contribution in [0.4, 0.5) is 26.4 Å². The third-order valence-electron chi connectivity index (χ3n) is 8.74. The van der Waals surface area contributed by atoms with Crippen LogP contribution >= 0.6 is 0 Å². The van der Waals surface area contributed by atoms with Crippen LogP contribution in [0.2, 0.25) is 0 Å². The molecule has 13 heteroatoms. The second-order valence-electron chi connectivity index (χ2n) is 12.6. The molecule has 4 heterocycles. The zero-order valence-corrected chi connectivity index (χ0v) is 25.5. The monoisotopic (exact) mass is 604 g/mol. The largest absolute Gasteiger partial charge is 0.368 e. The van der Waals surface area contributed by atoms with Gasteiger partial charge in [-0.1, -0.05) is 23.3 Å². The maximum absolute atomic E-state index is 14.9. The van der Waals surface area contributed by atoms with Gasteiger partial charge < -0.3 is 14.4 Å². The number of aryl methyl sites for hydroxylation is 1. The van der Waals surface area contributed by atoms with Crippen LogP contribution in [0.1, 0.15) is 43.4 Å². The molecule has 0 bridgehead atoms. The van der Waals surface area contributed by atoms with E-state index in [1.807, 2.05) is 10.8 Å². The molecule has 0 aliphatic carbocycles. The predicted octanol–water partition coefficient (Wildman–Crippen LogP) is 3.81. The summed E-state index contributed by atoms with van der Waals surface area (Å²) in [7, 11) is 0. The summed E-state index contributed by atoms with van der Waals surface area (Å²) in [5.41, 5.74) is 3.52. The molecule has 1 amide bonds. The third kappa shape index (κ3) is 6.14. The number of hydrogen-bond donors (Lipinski definition) is 2. The Morgan fingerprint density at radius 3 is 2.52 bits per heavy atom. The number of amides is 1. The summed E-state index contributed by atoms with van der Waals surface area (Å²) >= 11 is 0. The lowest BCUT2D eigenvalue weighted by atomic mass is 9.88. The summed E-state index contributed by atoms with van der Waals surface area (Å²) in [6.45, 7) is 12.9. The summed E-state index contributed by atoms with van der Waals surface area (Å²) in [5.74, 6) is -1.43. The van der Waals surface area contributed by atoms with E-state index in [4.69, 9.17) is 0 Å². The van der Waals surface area contributed by atoms with E-state index in [-0.39, 0.29) is 11.4 Å². The van der Waals surface area contributed by atoms with E-state index in [9.17, 15) is 13.6 Å². The van der Waals surface area contributed by atoms with Gasteiger partial charge in [0.15, 0.2) is 0 Å². The minimum absolute atomic E-state index is 0.221. The maximum Gasteiger partial charge on any atom is 0.265 e. The number of imidazole rings is 1. The topological polar surface area (TPSA) is 111 Å². The van der Waals surface area contributed by atoms with Crippen molar-refractivity contribution < 1.29 is 13.6 Å². The van der Waals surface area contributed by atoms with Crippen molar-refractivity contribution in [2.75, 3.05) is 54.4 Å². The molecule has 2 N–H and O–H groups in total. The molecule has 232 valence electrons. The molecule has 6 rings (SSSR count). The molecule has 2 aromatic heterocycles. The van der Waals surface area contributed by atoms with Gasteiger partial charge in [0.2, 0.25) is 11.9 Å². The van der Waals surface area contributed by atoms with Gasteiger partial charge in [0.05, 0.1) is 12.5 Å². The number of nitrogens with zero attached hydrogens (tertiary/aromatic N) is 8. The summed E-state index contributed by atoms with van der Waals surface area (Å²) in [6, 6.07) is 10.0. The van der Waals surface area contributed by atoms with Crippen molar-refractivity contribution in [2.45, 2.75) is 45.7 Å². The van der Waals surface area contributed by atoms with Gasteiger partial charge in [-0.15, -0.1) is 5.10 Å². The van der Waals surface area contributed by atoms with Crippen LogP contribution in [0.25, 0.3) is 0 Å². The molecule has 2 aromatic carbocycles. The number of aromatic amines is 1. The lowest BCUT2D eigenvalue weighted by Crippen LogP contribution is -2.47. The molecule has 4 aromatic rings. The first-order chi connectivity index (χ1) is 21.1. The Kier molecular flexibility index (Phi) is 8.06. The highest BCUT2D eigenvalue weighted by atomic mass is 19.1. The molecule has 0 radical (unpaired) electrons. The van der Waals surface area contributed by atoms with Crippen molar-refractivity contribution in [2.24, 2.45) is 5.92 Å². The number of hydrogen-bond acceptors (Lipinski definition) is 8. The van der Waals surface area contributed by atoms with E-state index >= 15 is 0 Å². The zero-order chi connectivity index (χ0) is 31.0. The number of rotatable bonds is 7. The molecule has 0 saturated carbocycles. The number of halogens is 2. The molecular weight excluding hydrogens is 566 g/mol. The maximum atomic E-state index is 14.9. The number of anilines is 3. The van der Waals surface area contributed by atoms with E-state index in [1.54, 1.807) is 6.20 Å². The Bertz CT molecular complexity index is 1610. The number of tetrazole rings is 1. The summed E-state index contributed by atoms with van der Waals surface area (Å²) < 4.78 is 30.6. The summed E-state index contributed by atoms with van der Waals surface area (Å²) in [6.07, 6.45) is 3.51. The van der Waals surface area contributed by atoms with Crippen LogP contribution < -0.4 is 15.1 Å². The third-order valence-corrected chi connectivity index (χ3v) is 8.74. The van der Waals surface area contributed by atoms with E-state index in [1.165, 1.54) is 12.1 Å². The average Bonchev–Trinajstić information content (AvgIpc) is 3.76. The molecule has 44 heavy (non-hydrogen) atoms. The van der Waals surface area contributed by atoms with Gasteiger partial charge >= 0.3 is 0 Å². The minimum Gasteiger partial charge on any atom is -0.368 e. The SMILES string of the molecule is Cc1ccc(Cn2ccnc2NC(=O)C2CN(C(C)(C)C)C[C@H]2c2ccc(F)cc2F)c(N2CCN(c3nn[nH]n3)CC2)c1. The molecule has 0 spiro atoms. The Balaban J connectivity index is 1.20. The number of piperazine rings is 1. The fourth-order valence-corrected chi connectivity index (χ4v) is 6.22. The highest BCUT2D eigenvalue weighted by Crippen LogP contribution is 2.38. The second kappa shape index (κ2) is 11.9. The normalized spacial score (nSPS) is 19.5. The van der Waals surface area contributed by atoms with Gasteiger partial charge in [-0.2, -0.15) is 5.21 Å². The molecule has 2 fully saturated rings. The van der Waals surface area contributed by atoms with Gasteiger partial charge in [0, 0.05) is 74.9 Å². The lowest BCUT2D eigenvalue weighted by Gasteiger charge is -2.36. The predicted molar refractivity (Wildman–Crippen MR) is 164 cm³/mol. The van der Waals surface area contributed by atoms with Crippen molar-refractivity contribution in [3.63, 3.8) is 0 Å². The molecule has 2 saturated heterocycles. The molecule has 2 atom stereocenters. The molecule has 1 unspecified atom stereocenters. The first kappa shape index (κ1) is 29.7. The van der Waals surface area contributed by atoms with Crippen molar-refractivity contribution in [1.82, 2.24) is 35.1 Å². The first-order valence-electron chi connectivity index (χ1n) is 14.9. The number of H-pyrrole nitrogens is 1. The van der Waals surface area contributed by atoms with Gasteiger partial charge in [0.1, 0.15) is 11.6 Å². The van der Waals surface area contributed by atoms with Crippen LogP contribution in [0, 0.1) is 24.5 Å². The summed E-state index contributed by atoms with van der Waals surface area (Å²) in [5, 5.41) is 17.4. The standard InChI is InChI=1S/C31H38F2N10O/c1-20-5-6-21(27(15-20)40-11-13-41(14-12-40)30-36-38-39-37-30)17-42-10-9-34-29(42)35-28(44)25-19-43(31(2,3)4)18-24(25)23-8-7-22(32)16-26(23)33/h5-10,15-16,24-25H,11-14,17-19H2,1-4H3,(H,34,35,44)(H,36,37,38,39)/t24-,25?/m0/s1. The Morgan fingerprint density at radius 1 is 1.05 bits per heavy atom. The van der Waals surface area contributed by atoms with Gasteiger partial charge in [-0.3, -0.25) is 15.0 Å². The van der Waals surface area contributed by atoms with Crippen molar-refractivity contribution in [3.8, 4) is 0 Å². The van der Waals surface area contributed by atoms with E-state index in [0.29, 0.717) is 37.1 Å². The van der Waals surface area contributed by atoms with Gasteiger partial charge in [0.25, 0.3) is 5.95 Å². The lowest BCUT2D eigenvalue weighted by molar-refractivity contribution is -0.120. The summed E-state index contributed by atoms with van der Waals surface area (Å²) in [4.78, 5) is 24.9. The molecule has 11 nitrogen and oxygen atoms in total. The molecule has 2 aliphatic heterocycles. The van der Waals surface area contributed by atoms with Crippen LogP contribution in [-0.4, -0.2) is 85.8 Å². The van der Waals surface area contributed by atoms with Crippen LogP contribution in [0.3, 0.4) is 0 Å². The van der Waals surface area contributed by atoms with Crippen LogP contribution in [-0.2, 0) is 11.3 Å². The fourth-order valence-electron chi connectivity index (χ4n) is 6.22.